The third-order valence-electron chi connectivity index (χ3n) is 4.42. The predicted octanol–water partition coefficient (Wildman–Crippen LogP) is 3.79. The number of benzene rings is 2. The maximum atomic E-state index is 12.0. The quantitative estimate of drug-likeness (QED) is 0.904. The molecule has 1 saturated heterocycles. The van der Waals surface area contributed by atoms with Gasteiger partial charge in [-0.3, -0.25) is 10.2 Å². The Kier molecular flexibility index (Phi) is 3.65. The number of carbonyl (C=O) groups is 1. The normalized spacial score (nSPS) is 18.5. The number of fused-ring (bicyclic) bond motifs is 1. The van der Waals surface area contributed by atoms with Crippen LogP contribution >= 0.6 is 0 Å². The predicted molar refractivity (Wildman–Crippen MR) is 91.0 cm³/mol. The van der Waals surface area contributed by atoms with Crippen molar-refractivity contribution in [2.24, 2.45) is 5.41 Å². The lowest BCUT2D eigenvalue weighted by atomic mass is 9.87. The second-order valence-electron chi connectivity index (χ2n) is 6.37. The van der Waals surface area contributed by atoms with Crippen LogP contribution in [0.15, 0.2) is 42.1 Å². The smallest absolute Gasteiger partial charge is 0.249 e. The molecule has 3 heteroatoms. The summed E-state index contributed by atoms with van der Waals surface area (Å²) in [7, 11) is 0. The van der Waals surface area contributed by atoms with Crippen molar-refractivity contribution in [1.29, 1.82) is 0 Å². The molecule has 114 valence electrons. The summed E-state index contributed by atoms with van der Waals surface area (Å²) < 4.78 is 0. The van der Waals surface area contributed by atoms with Crippen LogP contribution in [0.3, 0.4) is 0 Å². The molecule has 0 atom stereocenters. The minimum Gasteiger partial charge on any atom is -0.302 e. The average molecular weight is 294 g/mol. The van der Waals surface area contributed by atoms with Gasteiger partial charge in [-0.25, -0.2) is 0 Å². The van der Waals surface area contributed by atoms with E-state index >= 15 is 0 Å². The highest BCUT2D eigenvalue weighted by Gasteiger charge is 2.37. The van der Waals surface area contributed by atoms with Gasteiger partial charge in [0.2, 0.25) is 5.91 Å². The van der Waals surface area contributed by atoms with Gasteiger partial charge < -0.3 is 5.43 Å². The van der Waals surface area contributed by atoms with E-state index in [9.17, 15) is 4.79 Å². The number of hydrogen-bond acceptors (Lipinski definition) is 2. The molecule has 1 aliphatic rings. The van der Waals surface area contributed by atoms with E-state index in [-0.39, 0.29) is 5.91 Å². The molecule has 3 nitrogen and oxygen atoms in total. The summed E-state index contributed by atoms with van der Waals surface area (Å²) >= 11 is 0. The van der Waals surface area contributed by atoms with Crippen molar-refractivity contribution >= 4 is 22.8 Å². The molecular weight excluding hydrogens is 272 g/mol. The molecule has 0 aromatic heterocycles. The van der Waals surface area contributed by atoms with Gasteiger partial charge >= 0.3 is 0 Å². The molecule has 2 N–H and O–H groups in total. The highest BCUT2D eigenvalue weighted by atomic mass is 16.2. The van der Waals surface area contributed by atoms with Crippen LogP contribution in [0.4, 0.5) is 0 Å². The topological polar surface area (TPSA) is 41.1 Å². The first-order valence-corrected chi connectivity index (χ1v) is 7.83. The van der Waals surface area contributed by atoms with Gasteiger partial charge in [-0.05, 0) is 48.2 Å². The monoisotopic (exact) mass is 294 g/mol. The second kappa shape index (κ2) is 5.48. The van der Waals surface area contributed by atoms with Gasteiger partial charge in [-0.15, -0.1) is 0 Å². The van der Waals surface area contributed by atoms with Crippen LogP contribution in [0, 0.1) is 5.41 Å². The zero-order valence-corrected chi connectivity index (χ0v) is 13.4. The summed E-state index contributed by atoms with van der Waals surface area (Å²) in [5, 5.41) is 2.46. The molecule has 1 amide bonds. The van der Waals surface area contributed by atoms with Crippen LogP contribution in [0.5, 0.6) is 0 Å². The first kappa shape index (κ1) is 14.6. The molecule has 1 heterocycles. The Morgan fingerprint density at radius 1 is 1.09 bits per heavy atom. The SMILES string of the molecule is CCCc1ccc2ccccc2c1/C=C1\NNC(=O)C1(C)C. The summed E-state index contributed by atoms with van der Waals surface area (Å²) in [6.45, 7) is 6.08. The van der Waals surface area contributed by atoms with Crippen molar-refractivity contribution < 1.29 is 4.79 Å². The zero-order valence-electron chi connectivity index (χ0n) is 13.4. The molecule has 0 bridgehead atoms. The van der Waals surface area contributed by atoms with E-state index < -0.39 is 5.41 Å². The minimum atomic E-state index is -0.527. The molecule has 0 spiro atoms. The van der Waals surface area contributed by atoms with Crippen molar-refractivity contribution in [2.75, 3.05) is 0 Å². The number of amides is 1. The molecule has 0 aliphatic carbocycles. The summed E-state index contributed by atoms with van der Waals surface area (Å²) in [6, 6.07) is 12.8. The highest BCUT2D eigenvalue weighted by molar-refractivity contribution is 5.95. The fraction of sp³-hybridized carbons (Fsp3) is 0.316. The van der Waals surface area contributed by atoms with Gasteiger partial charge in [0.05, 0.1) is 5.41 Å². The molecule has 2 aromatic carbocycles. The lowest BCUT2D eigenvalue weighted by molar-refractivity contribution is -0.125. The molecule has 1 aliphatic heterocycles. The lowest BCUT2D eigenvalue weighted by Gasteiger charge is -2.16. The van der Waals surface area contributed by atoms with Crippen LogP contribution in [0.25, 0.3) is 16.8 Å². The van der Waals surface area contributed by atoms with Gasteiger partial charge in [0.15, 0.2) is 0 Å². The molecule has 2 aromatic rings. The lowest BCUT2D eigenvalue weighted by Crippen LogP contribution is -2.28. The Morgan fingerprint density at radius 3 is 2.55 bits per heavy atom. The van der Waals surface area contributed by atoms with Gasteiger partial charge in [0.25, 0.3) is 0 Å². The summed E-state index contributed by atoms with van der Waals surface area (Å²) in [5.74, 6) is 0.0102. The molecule has 0 radical (unpaired) electrons. The average Bonchev–Trinajstić information content (AvgIpc) is 2.76. The Bertz CT molecular complexity index is 759. The third kappa shape index (κ3) is 2.37. The number of aryl methyl sites for hydroxylation is 1. The maximum absolute atomic E-state index is 12.0. The molecule has 1 fully saturated rings. The van der Waals surface area contributed by atoms with Crippen LogP contribution in [0.1, 0.15) is 38.3 Å². The van der Waals surface area contributed by atoms with E-state index in [1.54, 1.807) is 0 Å². The second-order valence-corrected chi connectivity index (χ2v) is 6.37. The number of rotatable bonds is 3. The maximum Gasteiger partial charge on any atom is 0.249 e. The fourth-order valence-corrected chi connectivity index (χ4v) is 2.92. The van der Waals surface area contributed by atoms with Crippen LogP contribution < -0.4 is 10.9 Å². The van der Waals surface area contributed by atoms with Crippen LogP contribution in [-0.2, 0) is 11.2 Å². The van der Waals surface area contributed by atoms with Crippen molar-refractivity contribution in [3.8, 4) is 0 Å². The first-order chi connectivity index (χ1) is 10.5. The highest BCUT2D eigenvalue weighted by Crippen LogP contribution is 2.32. The van der Waals surface area contributed by atoms with Crippen molar-refractivity contribution in [3.05, 3.63) is 53.2 Å². The Balaban J connectivity index is 2.20. The standard InChI is InChI=1S/C19H22N2O/c1-4-7-13-10-11-14-8-5-6-9-15(14)16(13)12-17-19(2,3)18(22)21-20-17/h5-6,8-12,20H,4,7H2,1-3H3,(H,21,22)/b17-12-. The van der Waals surface area contributed by atoms with Gasteiger partial charge in [0, 0.05) is 5.70 Å². The molecular formula is C19H22N2O. The first-order valence-electron chi connectivity index (χ1n) is 7.83. The summed E-state index contributed by atoms with van der Waals surface area (Å²) in [6.07, 6.45) is 4.26. The largest absolute Gasteiger partial charge is 0.302 e. The number of hydrogen-bond donors (Lipinski definition) is 2. The number of nitrogens with one attached hydrogen (secondary N) is 2. The van der Waals surface area contributed by atoms with E-state index in [1.165, 1.54) is 21.9 Å². The minimum absolute atomic E-state index is 0.0102. The van der Waals surface area contributed by atoms with Crippen molar-refractivity contribution in [2.45, 2.75) is 33.6 Å². The zero-order chi connectivity index (χ0) is 15.7. The van der Waals surface area contributed by atoms with E-state index in [4.69, 9.17) is 0 Å². The Morgan fingerprint density at radius 2 is 1.86 bits per heavy atom. The van der Waals surface area contributed by atoms with Crippen molar-refractivity contribution in [1.82, 2.24) is 10.9 Å². The molecule has 22 heavy (non-hydrogen) atoms. The van der Waals surface area contributed by atoms with Crippen LogP contribution in [0.2, 0.25) is 0 Å². The van der Waals surface area contributed by atoms with Gasteiger partial charge in [0.1, 0.15) is 0 Å². The van der Waals surface area contributed by atoms with E-state index in [0.717, 1.165) is 18.5 Å². The van der Waals surface area contributed by atoms with E-state index in [2.05, 4.69) is 60.2 Å². The Labute approximate surface area is 131 Å². The molecule has 3 rings (SSSR count). The van der Waals surface area contributed by atoms with E-state index in [1.807, 2.05) is 13.8 Å². The van der Waals surface area contributed by atoms with Gasteiger partial charge in [-0.2, -0.15) is 0 Å². The number of hydrazine groups is 1. The summed E-state index contributed by atoms with van der Waals surface area (Å²) in [5.41, 5.74) is 8.70. The molecule has 0 saturated carbocycles. The Hall–Kier alpha value is -2.29. The number of carbonyl (C=O) groups excluding carboxylic acids is 1. The van der Waals surface area contributed by atoms with Gasteiger partial charge in [-0.1, -0.05) is 49.7 Å². The third-order valence-corrected chi connectivity index (χ3v) is 4.42. The van der Waals surface area contributed by atoms with Crippen LogP contribution in [-0.4, -0.2) is 5.91 Å². The summed E-state index contributed by atoms with van der Waals surface area (Å²) in [4.78, 5) is 12.0. The fourth-order valence-electron chi connectivity index (χ4n) is 2.92. The van der Waals surface area contributed by atoms with Crippen molar-refractivity contribution in [3.63, 3.8) is 0 Å². The molecule has 0 unspecified atom stereocenters. The van der Waals surface area contributed by atoms with E-state index in [0.29, 0.717) is 0 Å².